The van der Waals surface area contributed by atoms with Gasteiger partial charge in [-0.15, -0.1) is 0 Å². The van der Waals surface area contributed by atoms with Crippen LogP contribution in [0.5, 0.6) is 5.75 Å². The van der Waals surface area contributed by atoms with Gasteiger partial charge in [0, 0.05) is 0 Å². The van der Waals surface area contributed by atoms with Crippen LogP contribution in [0.4, 0.5) is 0 Å². The predicted molar refractivity (Wildman–Crippen MR) is 70.1 cm³/mol. The molecule has 0 aliphatic heterocycles. The molecule has 1 atom stereocenters. The SMILES string of the molecule is CCC(C)(C(=O)Oc1ccc(C)cc1)C(C)C. The molecule has 0 heterocycles. The maximum Gasteiger partial charge on any atom is 0.317 e. The lowest BCUT2D eigenvalue weighted by molar-refractivity contribution is -0.147. The molecule has 0 spiro atoms. The van der Waals surface area contributed by atoms with E-state index in [1.165, 1.54) is 0 Å². The summed E-state index contributed by atoms with van der Waals surface area (Å²) in [6, 6.07) is 7.57. The molecular formula is C15H22O2. The van der Waals surface area contributed by atoms with E-state index in [9.17, 15) is 4.79 Å². The molecule has 1 unspecified atom stereocenters. The summed E-state index contributed by atoms with van der Waals surface area (Å²) < 4.78 is 5.45. The van der Waals surface area contributed by atoms with Crippen LogP contribution in [0.2, 0.25) is 0 Å². The maximum atomic E-state index is 12.2. The van der Waals surface area contributed by atoms with Gasteiger partial charge >= 0.3 is 5.97 Å². The summed E-state index contributed by atoms with van der Waals surface area (Å²) >= 11 is 0. The molecule has 1 aromatic rings. The highest BCUT2D eigenvalue weighted by atomic mass is 16.5. The van der Waals surface area contributed by atoms with Crippen LogP contribution in [0.25, 0.3) is 0 Å². The van der Waals surface area contributed by atoms with Gasteiger partial charge in [-0.05, 0) is 38.3 Å². The van der Waals surface area contributed by atoms with Gasteiger partial charge in [-0.2, -0.15) is 0 Å². The van der Waals surface area contributed by atoms with Crippen molar-refractivity contribution in [2.75, 3.05) is 0 Å². The van der Waals surface area contributed by atoms with Gasteiger partial charge in [0.2, 0.25) is 0 Å². The average Bonchev–Trinajstić information content (AvgIpc) is 2.30. The van der Waals surface area contributed by atoms with Gasteiger partial charge in [-0.3, -0.25) is 4.79 Å². The first-order valence-corrected chi connectivity index (χ1v) is 6.19. The highest BCUT2D eigenvalue weighted by Gasteiger charge is 2.36. The van der Waals surface area contributed by atoms with Gasteiger partial charge in [-0.25, -0.2) is 0 Å². The molecule has 1 aromatic carbocycles. The molecular weight excluding hydrogens is 212 g/mol. The largest absolute Gasteiger partial charge is 0.426 e. The number of rotatable bonds is 4. The maximum absolute atomic E-state index is 12.2. The molecule has 0 radical (unpaired) electrons. The molecule has 0 aliphatic rings. The third-order valence-corrected chi connectivity index (χ3v) is 3.71. The van der Waals surface area contributed by atoms with Crippen LogP contribution in [0.3, 0.4) is 0 Å². The molecule has 0 saturated carbocycles. The van der Waals surface area contributed by atoms with E-state index in [4.69, 9.17) is 4.74 Å². The van der Waals surface area contributed by atoms with Crippen LogP contribution < -0.4 is 4.74 Å². The minimum absolute atomic E-state index is 0.140. The minimum atomic E-state index is -0.412. The van der Waals surface area contributed by atoms with Crippen molar-refractivity contribution < 1.29 is 9.53 Å². The molecule has 0 amide bonds. The number of benzene rings is 1. The topological polar surface area (TPSA) is 26.3 Å². The summed E-state index contributed by atoms with van der Waals surface area (Å²) in [6.45, 7) is 10.1. The molecule has 2 heteroatoms. The number of hydrogen-bond acceptors (Lipinski definition) is 2. The number of ether oxygens (including phenoxy) is 1. The Bertz CT molecular complexity index is 378. The van der Waals surface area contributed by atoms with Gasteiger partial charge in [-0.1, -0.05) is 38.5 Å². The molecule has 0 N–H and O–H groups in total. The third-order valence-electron chi connectivity index (χ3n) is 3.71. The Kier molecular flexibility index (Phi) is 4.33. The second-order valence-corrected chi connectivity index (χ2v) is 5.13. The normalized spacial score (nSPS) is 14.5. The van der Waals surface area contributed by atoms with Crippen LogP contribution in [-0.2, 0) is 4.79 Å². The number of carbonyl (C=O) groups is 1. The lowest BCUT2D eigenvalue weighted by Crippen LogP contribution is -2.36. The van der Waals surface area contributed by atoms with Gasteiger partial charge < -0.3 is 4.74 Å². The van der Waals surface area contributed by atoms with Gasteiger partial charge in [0.1, 0.15) is 5.75 Å². The Morgan fingerprint density at radius 2 is 1.82 bits per heavy atom. The number of aryl methyl sites for hydroxylation is 1. The molecule has 0 saturated heterocycles. The van der Waals surface area contributed by atoms with Crippen molar-refractivity contribution >= 4 is 5.97 Å². The summed E-state index contributed by atoms with van der Waals surface area (Å²) in [7, 11) is 0. The Balaban J connectivity index is 2.81. The first kappa shape index (κ1) is 13.8. The van der Waals surface area contributed by atoms with Gasteiger partial charge in [0.15, 0.2) is 0 Å². The number of hydrogen-bond donors (Lipinski definition) is 0. The zero-order valence-electron chi connectivity index (χ0n) is 11.4. The highest BCUT2D eigenvalue weighted by molar-refractivity contribution is 5.79. The van der Waals surface area contributed by atoms with E-state index < -0.39 is 5.41 Å². The number of carbonyl (C=O) groups excluding carboxylic acids is 1. The Hall–Kier alpha value is -1.31. The van der Waals surface area contributed by atoms with Crippen LogP contribution in [0.15, 0.2) is 24.3 Å². The molecule has 0 aliphatic carbocycles. The van der Waals surface area contributed by atoms with Crippen molar-refractivity contribution in [3.63, 3.8) is 0 Å². The second kappa shape index (κ2) is 5.35. The summed E-state index contributed by atoms with van der Waals surface area (Å²) in [4.78, 5) is 12.2. The quantitative estimate of drug-likeness (QED) is 0.582. The molecule has 17 heavy (non-hydrogen) atoms. The molecule has 94 valence electrons. The second-order valence-electron chi connectivity index (χ2n) is 5.13. The van der Waals surface area contributed by atoms with Crippen LogP contribution in [0, 0.1) is 18.3 Å². The highest BCUT2D eigenvalue weighted by Crippen LogP contribution is 2.32. The first-order chi connectivity index (χ1) is 7.90. The van der Waals surface area contributed by atoms with E-state index >= 15 is 0 Å². The van der Waals surface area contributed by atoms with E-state index in [1.807, 2.05) is 45.0 Å². The third kappa shape index (κ3) is 3.09. The van der Waals surface area contributed by atoms with E-state index in [0.29, 0.717) is 5.75 Å². The van der Waals surface area contributed by atoms with Crippen LogP contribution >= 0.6 is 0 Å². The number of esters is 1. The lowest BCUT2D eigenvalue weighted by Gasteiger charge is -2.29. The standard InChI is InChI=1S/C15H22O2/c1-6-15(5,11(2)3)14(16)17-13-9-7-12(4)8-10-13/h7-11H,6H2,1-5H3. The zero-order chi connectivity index (χ0) is 13.1. The fourth-order valence-electron chi connectivity index (χ4n) is 1.62. The minimum Gasteiger partial charge on any atom is -0.426 e. The summed E-state index contributed by atoms with van der Waals surface area (Å²) in [5.41, 5.74) is 0.747. The van der Waals surface area contributed by atoms with E-state index in [-0.39, 0.29) is 11.9 Å². The fourth-order valence-corrected chi connectivity index (χ4v) is 1.62. The van der Waals surface area contributed by atoms with Crippen molar-refractivity contribution in [2.45, 2.75) is 41.0 Å². The van der Waals surface area contributed by atoms with E-state index in [0.717, 1.165) is 12.0 Å². The van der Waals surface area contributed by atoms with Crippen molar-refractivity contribution in [1.29, 1.82) is 0 Å². The van der Waals surface area contributed by atoms with E-state index in [2.05, 4.69) is 13.8 Å². The Morgan fingerprint density at radius 1 is 1.29 bits per heavy atom. The van der Waals surface area contributed by atoms with Crippen molar-refractivity contribution in [2.24, 2.45) is 11.3 Å². The predicted octanol–water partition coefficient (Wildman–Crippen LogP) is 3.97. The van der Waals surface area contributed by atoms with Crippen molar-refractivity contribution in [3.05, 3.63) is 29.8 Å². The van der Waals surface area contributed by atoms with Crippen molar-refractivity contribution in [1.82, 2.24) is 0 Å². The summed E-state index contributed by atoms with van der Waals surface area (Å²) in [5, 5.41) is 0. The summed E-state index contributed by atoms with van der Waals surface area (Å²) in [6.07, 6.45) is 0.787. The lowest BCUT2D eigenvalue weighted by atomic mass is 9.77. The van der Waals surface area contributed by atoms with Crippen LogP contribution in [0.1, 0.15) is 39.7 Å². The monoisotopic (exact) mass is 234 g/mol. The fraction of sp³-hybridized carbons (Fsp3) is 0.533. The Morgan fingerprint density at radius 3 is 2.24 bits per heavy atom. The molecule has 0 aromatic heterocycles. The smallest absolute Gasteiger partial charge is 0.317 e. The molecule has 0 bridgehead atoms. The van der Waals surface area contributed by atoms with Gasteiger partial charge in [0.05, 0.1) is 5.41 Å². The molecule has 2 nitrogen and oxygen atoms in total. The average molecular weight is 234 g/mol. The van der Waals surface area contributed by atoms with Crippen molar-refractivity contribution in [3.8, 4) is 5.75 Å². The zero-order valence-corrected chi connectivity index (χ0v) is 11.4. The first-order valence-electron chi connectivity index (χ1n) is 6.19. The summed E-state index contributed by atoms with van der Waals surface area (Å²) in [5.74, 6) is 0.755. The van der Waals surface area contributed by atoms with Gasteiger partial charge in [0.25, 0.3) is 0 Å². The molecule has 1 rings (SSSR count). The van der Waals surface area contributed by atoms with E-state index in [1.54, 1.807) is 0 Å². The molecule has 0 fully saturated rings. The Labute approximate surface area is 104 Å². The van der Waals surface area contributed by atoms with Crippen LogP contribution in [-0.4, -0.2) is 5.97 Å².